The third-order valence-electron chi connectivity index (χ3n) is 1.44. The van der Waals surface area contributed by atoms with Gasteiger partial charge in [-0.25, -0.2) is 0 Å². The molecule has 0 aliphatic carbocycles. The van der Waals surface area contributed by atoms with E-state index in [1.807, 2.05) is 26.2 Å². The molecule has 0 heterocycles. The van der Waals surface area contributed by atoms with Crippen LogP contribution < -0.4 is 0 Å². The fourth-order valence-corrected chi connectivity index (χ4v) is 16.3. The number of aliphatic carboxylic acids is 1. The molecule has 0 spiro atoms. The summed E-state index contributed by atoms with van der Waals surface area (Å²) in [6.07, 6.45) is 0. The van der Waals surface area contributed by atoms with Crippen molar-refractivity contribution in [2.24, 2.45) is 0 Å². The van der Waals surface area contributed by atoms with Gasteiger partial charge in [-0.3, -0.25) is 4.79 Å². The second kappa shape index (κ2) is 8.58. The van der Waals surface area contributed by atoms with E-state index in [0.717, 1.165) is 6.92 Å². The Kier molecular flexibility index (Phi) is 9.63. The molecule has 0 aliphatic rings. The van der Waals surface area contributed by atoms with Crippen LogP contribution in [-0.2, 0) is 17.1 Å². The Morgan fingerprint density at radius 2 is 1.30 bits per heavy atom. The van der Waals surface area contributed by atoms with Gasteiger partial charge in [0.05, 0.1) is 0 Å². The van der Waals surface area contributed by atoms with Crippen LogP contribution in [-0.4, -0.2) is 50.6 Å². The molecule has 1 radical (unpaired) electrons. The summed E-state index contributed by atoms with van der Waals surface area (Å²) in [6.45, 7) is 16.8. The number of rotatable bonds is 6. The van der Waals surface area contributed by atoms with E-state index < -0.39 is 40.7 Å². The fourth-order valence-electron chi connectivity index (χ4n) is 1.73. The normalized spacial score (nSPS) is 12.9. The molecule has 0 fully saturated rings. The van der Waals surface area contributed by atoms with Crippen LogP contribution in [0.4, 0.5) is 0 Å². The van der Waals surface area contributed by atoms with Crippen LogP contribution >= 0.6 is 0 Å². The summed E-state index contributed by atoms with van der Waals surface area (Å²) in [5, 5.41) is 7.42. The summed E-state index contributed by atoms with van der Waals surface area (Å²) < 4.78 is 17.7. The molecule has 20 heavy (non-hydrogen) atoms. The summed E-state index contributed by atoms with van der Waals surface area (Å²) in [4.78, 5) is 18.8. The molecular weight excluding hydrogens is 328 g/mol. The van der Waals surface area contributed by atoms with Crippen molar-refractivity contribution in [3.05, 3.63) is 0 Å². The van der Waals surface area contributed by atoms with E-state index in [2.05, 4.69) is 13.1 Å². The van der Waals surface area contributed by atoms with Gasteiger partial charge in [0.15, 0.2) is 9.04 Å². The lowest BCUT2D eigenvalue weighted by molar-refractivity contribution is -0.134. The van der Waals surface area contributed by atoms with E-state index in [9.17, 15) is 4.80 Å². The van der Waals surface area contributed by atoms with Gasteiger partial charge in [-0.1, -0.05) is 0 Å². The first kappa shape index (κ1) is 22.5. The minimum absolute atomic E-state index is 0.754. The molecule has 0 aromatic rings. The SMILES string of the molecule is CC(=O)O.C[Si](C)O[Si](C)(C)O[Si](C)(C)O[Si](C)(C)O. The van der Waals surface area contributed by atoms with Crippen molar-refractivity contribution < 1.29 is 27.0 Å². The van der Waals surface area contributed by atoms with Crippen molar-refractivity contribution in [2.75, 3.05) is 0 Å². The molecule has 0 bridgehead atoms. The minimum atomic E-state index is -2.52. The zero-order valence-corrected chi connectivity index (χ0v) is 18.0. The van der Waals surface area contributed by atoms with Crippen LogP contribution in [0.3, 0.4) is 0 Å². The van der Waals surface area contributed by atoms with Crippen molar-refractivity contribution in [3.63, 3.8) is 0 Å². The maximum absolute atomic E-state index is 9.78. The minimum Gasteiger partial charge on any atom is -0.481 e. The van der Waals surface area contributed by atoms with Gasteiger partial charge in [0.25, 0.3) is 5.97 Å². The van der Waals surface area contributed by atoms with Gasteiger partial charge < -0.3 is 22.2 Å². The van der Waals surface area contributed by atoms with Crippen LogP contribution in [0.15, 0.2) is 0 Å². The van der Waals surface area contributed by atoms with E-state index in [-0.39, 0.29) is 0 Å². The lowest BCUT2D eigenvalue weighted by atomic mass is 10.9. The van der Waals surface area contributed by atoms with Gasteiger partial charge in [-0.2, -0.15) is 0 Å². The van der Waals surface area contributed by atoms with E-state index in [1.54, 1.807) is 13.1 Å². The Bertz CT molecular complexity index is 297. The Balaban J connectivity index is 0. The molecule has 0 aromatic heterocycles. The number of carbonyl (C=O) groups is 1. The zero-order valence-electron chi connectivity index (χ0n) is 14.0. The topological polar surface area (TPSA) is 85.2 Å². The van der Waals surface area contributed by atoms with Crippen molar-refractivity contribution in [1.82, 2.24) is 0 Å². The van der Waals surface area contributed by atoms with Crippen LogP contribution in [0, 0.1) is 0 Å². The Hall–Kier alpha value is 0.178. The highest BCUT2D eigenvalue weighted by Crippen LogP contribution is 2.20. The molecule has 2 N–H and O–H groups in total. The molecule has 0 atom stereocenters. The number of hydrogen-bond acceptors (Lipinski definition) is 5. The zero-order chi connectivity index (χ0) is 16.8. The van der Waals surface area contributed by atoms with Crippen molar-refractivity contribution in [3.8, 4) is 0 Å². The summed E-state index contributed by atoms with van der Waals surface area (Å²) >= 11 is 0. The highest BCUT2D eigenvalue weighted by molar-refractivity contribution is 6.85. The molecule has 121 valence electrons. The quantitative estimate of drug-likeness (QED) is 0.710. The first-order valence-corrected chi connectivity index (χ1v) is 17.3. The summed E-state index contributed by atoms with van der Waals surface area (Å²) in [5.41, 5.74) is 0. The molecular formula is C10H29O6Si4. The lowest BCUT2D eigenvalue weighted by Gasteiger charge is -2.36. The average Bonchev–Trinajstić information content (AvgIpc) is 1.88. The summed E-state index contributed by atoms with van der Waals surface area (Å²) in [7, 11) is -7.66. The van der Waals surface area contributed by atoms with Crippen molar-refractivity contribution >= 4 is 40.7 Å². The number of carboxylic acid groups (broad SMARTS) is 1. The van der Waals surface area contributed by atoms with Crippen molar-refractivity contribution in [1.29, 1.82) is 0 Å². The third-order valence-corrected chi connectivity index (χ3v) is 12.9. The Morgan fingerprint density at radius 1 is 0.950 bits per heavy atom. The maximum atomic E-state index is 9.78. The second-order valence-electron chi connectivity index (χ2n) is 5.98. The van der Waals surface area contributed by atoms with Gasteiger partial charge in [0.1, 0.15) is 0 Å². The van der Waals surface area contributed by atoms with Crippen LogP contribution in [0.1, 0.15) is 6.92 Å². The standard InChI is InChI=1S/C8H25O4Si4.C2H4O2/c1-13(2)10-15(5,6)12-16(7,8)11-14(3,4)9;1-2(3)4/h9H,1-8H3;1H3,(H,3,4). The summed E-state index contributed by atoms with van der Waals surface area (Å²) in [5.74, 6) is -0.833. The van der Waals surface area contributed by atoms with Crippen LogP contribution in [0.2, 0.25) is 52.4 Å². The first-order chi connectivity index (χ1) is 8.56. The van der Waals surface area contributed by atoms with Gasteiger partial charge >= 0.3 is 25.7 Å². The largest absolute Gasteiger partial charge is 0.481 e. The third kappa shape index (κ3) is 18.2. The highest BCUT2D eigenvalue weighted by Gasteiger charge is 2.40. The van der Waals surface area contributed by atoms with Crippen LogP contribution in [0.5, 0.6) is 0 Å². The molecule has 6 nitrogen and oxygen atoms in total. The van der Waals surface area contributed by atoms with Gasteiger partial charge in [0.2, 0.25) is 0 Å². The predicted octanol–water partition coefficient (Wildman–Crippen LogP) is 2.48. The maximum Gasteiger partial charge on any atom is 0.320 e. The molecule has 0 amide bonds. The average molecular weight is 358 g/mol. The number of carboxylic acids is 1. The van der Waals surface area contributed by atoms with Gasteiger partial charge in [0, 0.05) is 6.92 Å². The molecule has 10 heteroatoms. The predicted molar refractivity (Wildman–Crippen MR) is 88.7 cm³/mol. The molecule has 0 saturated carbocycles. The Labute approximate surface area is 127 Å². The second-order valence-corrected chi connectivity index (χ2v) is 18.7. The first-order valence-electron chi connectivity index (χ1n) is 6.38. The molecule has 0 aromatic carbocycles. The fraction of sp³-hybridized carbons (Fsp3) is 0.900. The van der Waals surface area contributed by atoms with Crippen LogP contribution in [0.25, 0.3) is 0 Å². The van der Waals surface area contributed by atoms with E-state index in [4.69, 9.17) is 22.2 Å². The van der Waals surface area contributed by atoms with Gasteiger partial charge in [-0.15, -0.1) is 0 Å². The smallest absolute Gasteiger partial charge is 0.320 e. The molecule has 0 unspecified atom stereocenters. The highest BCUT2D eigenvalue weighted by atomic mass is 28.5. The van der Waals surface area contributed by atoms with Crippen molar-refractivity contribution in [2.45, 2.75) is 59.3 Å². The van der Waals surface area contributed by atoms with E-state index in [0.29, 0.717) is 0 Å². The number of hydrogen-bond donors (Lipinski definition) is 2. The molecule has 0 saturated heterocycles. The van der Waals surface area contributed by atoms with Gasteiger partial charge in [-0.05, 0) is 52.4 Å². The molecule has 0 aliphatic heterocycles. The monoisotopic (exact) mass is 357 g/mol. The lowest BCUT2D eigenvalue weighted by Crippen LogP contribution is -2.54. The summed E-state index contributed by atoms with van der Waals surface area (Å²) in [6, 6.07) is 0. The van der Waals surface area contributed by atoms with E-state index >= 15 is 0 Å². The molecule has 0 rings (SSSR count). The Morgan fingerprint density at radius 3 is 1.55 bits per heavy atom. The van der Waals surface area contributed by atoms with E-state index in [1.165, 1.54) is 0 Å².